The number of hydrogen-bond donors (Lipinski definition) is 1. The summed E-state index contributed by atoms with van der Waals surface area (Å²) in [6.07, 6.45) is 8.48. The minimum Gasteiger partial charge on any atom is -0.349 e. The molecule has 1 amide bonds. The van der Waals surface area contributed by atoms with Gasteiger partial charge in [-0.3, -0.25) is 9.78 Å². The number of hydrogen-bond acceptors (Lipinski definition) is 5. The summed E-state index contributed by atoms with van der Waals surface area (Å²) in [5, 5.41) is 7.40. The van der Waals surface area contributed by atoms with Crippen LogP contribution < -0.4 is 10.2 Å². The van der Waals surface area contributed by atoms with E-state index in [2.05, 4.69) is 33.5 Å². The Kier molecular flexibility index (Phi) is 4.22. The second-order valence-electron chi connectivity index (χ2n) is 7.78. The summed E-state index contributed by atoms with van der Waals surface area (Å²) in [6.45, 7) is 2.98. The van der Waals surface area contributed by atoms with Gasteiger partial charge < -0.3 is 10.2 Å². The van der Waals surface area contributed by atoms with E-state index in [0.717, 1.165) is 55.9 Å². The average Bonchev–Trinajstić information content (AvgIpc) is 3.34. The number of anilines is 1. The smallest absolute Gasteiger partial charge is 0.256 e. The molecule has 7 nitrogen and oxygen atoms in total. The third-order valence-corrected chi connectivity index (χ3v) is 5.76. The molecule has 0 aliphatic carbocycles. The molecule has 7 heteroatoms. The monoisotopic (exact) mass is 376 g/mol. The van der Waals surface area contributed by atoms with Crippen molar-refractivity contribution in [3.8, 4) is 0 Å². The molecule has 28 heavy (non-hydrogen) atoms. The topological polar surface area (TPSA) is 75.4 Å². The molecule has 0 aromatic carbocycles. The third-order valence-electron chi connectivity index (χ3n) is 5.76. The van der Waals surface area contributed by atoms with Crippen LogP contribution in [-0.4, -0.2) is 38.1 Å². The standard InChI is InChI=1S/C21H24N6O/c1-14-5-2-6-15-7-3-8-17(24-15)18-9-4-11-26(18)19-10-12-27-20(25-19)16(13-22-27)21(28)23-14/h3,7-8,10,12-14,18H,2,4-6,9,11H2,1H3,(H,23,28). The van der Waals surface area contributed by atoms with Crippen LogP contribution in [0.1, 0.15) is 60.4 Å². The first kappa shape index (κ1) is 17.2. The molecule has 1 N–H and O–H groups in total. The van der Waals surface area contributed by atoms with Crippen LogP contribution in [0.4, 0.5) is 5.82 Å². The molecular weight excluding hydrogens is 352 g/mol. The van der Waals surface area contributed by atoms with Crippen LogP contribution >= 0.6 is 0 Å². The number of amides is 1. The molecule has 2 aliphatic rings. The largest absolute Gasteiger partial charge is 0.349 e. The highest BCUT2D eigenvalue weighted by Crippen LogP contribution is 2.34. The van der Waals surface area contributed by atoms with E-state index >= 15 is 0 Å². The number of pyridine rings is 1. The van der Waals surface area contributed by atoms with Gasteiger partial charge in [0.15, 0.2) is 5.65 Å². The zero-order chi connectivity index (χ0) is 19.1. The number of nitrogens with zero attached hydrogens (tertiary/aromatic N) is 5. The number of carbonyl (C=O) groups is 1. The van der Waals surface area contributed by atoms with Crippen LogP contribution in [-0.2, 0) is 6.42 Å². The molecule has 0 radical (unpaired) electrons. The van der Waals surface area contributed by atoms with E-state index in [1.165, 1.54) is 0 Å². The molecule has 2 atom stereocenters. The van der Waals surface area contributed by atoms with E-state index < -0.39 is 0 Å². The van der Waals surface area contributed by atoms with E-state index in [1.807, 2.05) is 19.2 Å². The highest BCUT2D eigenvalue weighted by molar-refractivity contribution is 5.99. The van der Waals surface area contributed by atoms with Gasteiger partial charge in [0.2, 0.25) is 0 Å². The first-order valence-corrected chi connectivity index (χ1v) is 10.1. The van der Waals surface area contributed by atoms with Gasteiger partial charge >= 0.3 is 0 Å². The molecule has 0 saturated carbocycles. The Balaban J connectivity index is 1.62. The van der Waals surface area contributed by atoms with E-state index in [4.69, 9.17) is 9.97 Å². The molecule has 4 bridgehead atoms. The molecule has 2 aliphatic heterocycles. The molecular formula is C21H24N6O. The van der Waals surface area contributed by atoms with Crippen molar-refractivity contribution in [3.05, 3.63) is 53.6 Å². The fourth-order valence-corrected chi connectivity index (χ4v) is 4.31. The average molecular weight is 376 g/mol. The van der Waals surface area contributed by atoms with Gasteiger partial charge in [-0.1, -0.05) is 6.07 Å². The summed E-state index contributed by atoms with van der Waals surface area (Å²) in [4.78, 5) is 24.9. The van der Waals surface area contributed by atoms with Crippen molar-refractivity contribution in [2.24, 2.45) is 0 Å². The first-order valence-electron chi connectivity index (χ1n) is 10.1. The summed E-state index contributed by atoms with van der Waals surface area (Å²) < 4.78 is 1.67. The Hall–Kier alpha value is -2.96. The number of rotatable bonds is 0. The molecule has 5 heterocycles. The van der Waals surface area contributed by atoms with E-state index in [0.29, 0.717) is 11.2 Å². The summed E-state index contributed by atoms with van der Waals surface area (Å²) in [6, 6.07) is 8.63. The Labute approximate surface area is 163 Å². The van der Waals surface area contributed by atoms with Gasteiger partial charge in [0.05, 0.1) is 17.9 Å². The molecule has 3 aromatic rings. The predicted molar refractivity (Wildman–Crippen MR) is 106 cm³/mol. The van der Waals surface area contributed by atoms with E-state index in [1.54, 1.807) is 10.7 Å². The fraction of sp³-hybridized carbons (Fsp3) is 0.429. The molecule has 1 saturated heterocycles. The number of nitrogens with one attached hydrogen (secondary N) is 1. The van der Waals surface area contributed by atoms with Crippen LogP contribution in [0.3, 0.4) is 0 Å². The summed E-state index contributed by atoms with van der Waals surface area (Å²) in [7, 11) is 0. The summed E-state index contributed by atoms with van der Waals surface area (Å²) in [5.41, 5.74) is 3.36. The van der Waals surface area contributed by atoms with Gasteiger partial charge in [-0.2, -0.15) is 5.10 Å². The number of aryl methyl sites for hydroxylation is 1. The maximum atomic E-state index is 12.8. The molecule has 1 fully saturated rings. The van der Waals surface area contributed by atoms with Crippen molar-refractivity contribution in [2.45, 2.75) is 51.1 Å². The Morgan fingerprint density at radius 1 is 1.14 bits per heavy atom. The zero-order valence-corrected chi connectivity index (χ0v) is 16.0. The normalized spacial score (nSPS) is 22.6. The molecule has 2 unspecified atom stereocenters. The van der Waals surface area contributed by atoms with Crippen molar-refractivity contribution in [2.75, 3.05) is 11.4 Å². The summed E-state index contributed by atoms with van der Waals surface area (Å²) >= 11 is 0. The van der Waals surface area contributed by atoms with Gasteiger partial charge in [0, 0.05) is 24.5 Å². The van der Waals surface area contributed by atoms with Gasteiger partial charge in [-0.05, 0) is 57.2 Å². The van der Waals surface area contributed by atoms with Crippen LogP contribution in [0.25, 0.3) is 5.65 Å². The number of aromatic nitrogens is 4. The highest BCUT2D eigenvalue weighted by atomic mass is 16.1. The molecule has 144 valence electrons. The lowest BCUT2D eigenvalue weighted by atomic mass is 10.1. The lowest BCUT2D eigenvalue weighted by molar-refractivity contribution is 0.0939. The minimum atomic E-state index is -0.112. The molecule has 0 spiro atoms. The SMILES string of the molecule is CC1CCCc2cccc(n2)C2CCCN2c2ccn3ncc(c3n2)C(=O)N1. The number of carbonyl (C=O) groups excluding carboxylic acids is 1. The quantitative estimate of drug-likeness (QED) is 0.653. The van der Waals surface area contributed by atoms with Crippen molar-refractivity contribution in [3.63, 3.8) is 0 Å². The Bertz CT molecular complexity index is 1030. The first-order chi connectivity index (χ1) is 13.7. The van der Waals surface area contributed by atoms with E-state index in [9.17, 15) is 4.79 Å². The molecule has 5 rings (SSSR count). The van der Waals surface area contributed by atoms with Crippen LogP contribution in [0.5, 0.6) is 0 Å². The lowest BCUT2D eigenvalue weighted by Crippen LogP contribution is -2.32. The third kappa shape index (κ3) is 3.00. The zero-order valence-electron chi connectivity index (χ0n) is 16.0. The van der Waals surface area contributed by atoms with Crippen LogP contribution in [0, 0.1) is 0 Å². The van der Waals surface area contributed by atoms with Crippen LogP contribution in [0.15, 0.2) is 36.7 Å². The second-order valence-corrected chi connectivity index (χ2v) is 7.78. The summed E-state index contributed by atoms with van der Waals surface area (Å²) in [5.74, 6) is 0.762. The van der Waals surface area contributed by atoms with Crippen molar-refractivity contribution in [1.82, 2.24) is 24.9 Å². The van der Waals surface area contributed by atoms with Crippen LogP contribution in [0.2, 0.25) is 0 Å². The maximum Gasteiger partial charge on any atom is 0.256 e. The van der Waals surface area contributed by atoms with Gasteiger partial charge in [0.25, 0.3) is 5.91 Å². The minimum absolute atomic E-state index is 0.0853. The predicted octanol–water partition coefficient (Wildman–Crippen LogP) is 2.92. The van der Waals surface area contributed by atoms with E-state index in [-0.39, 0.29) is 18.0 Å². The number of fused-ring (bicyclic) bond motifs is 6. The Morgan fingerprint density at radius 2 is 2.07 bits per heavy atom. The van der Waals surface area contributed by atoms with Gasteiger partial charge in [-0.25, -0.2) is 9.50 Å². The van der Waals surface area contributed by atoms with Crippen molar-refractivity contribution >= 4 is 17.4 Å². The lowest BCUT2D eigenvalue weighted by Gasteiger charge is -2.25. The van der Waals surface area contributed by atoms with Gasteiger partial charge in [0.1, 0.15) is 11.4 Å². The maximum absolute atomic E-state index is 12.8. The van der Waals surface area contributed by atoms with Gasteiger partial charge in [-0.15, -0.1) is 0 Å². The van der Waals surface area contributed by atoms with Crippen molar-refractivity contribution < 1.29 is 4.79 Å². The highest BCUT2D eigenvalue weighted by Gasteiger charge is 2.29. The fourth-order valence-electron chi connectivity index (χ4n) is 4.31. The molecule has 3 aromatic heterocycles. The second kappa shape index (κ2) is 6.89. The van der Waals surface area contributed by atoms with Crippen molar-refractivity contribution in [1.29, 1.82) is 0 Å². The Morgan fingerprint density at radius 3 is 3.00 bits per heavy atom.